The van der Waals surface area contributed by atoms with E-state index in [1.807, 2.05) is 5.32 Å². The van der Waals surface area contributed by atoms with Crippen LogP contribution in [0.1, 0.15) is 17.3 Å². The predicted molar refractivity (Wildman–Crippen MR) is 87.1 cm³/mol. The quantitative estimate of drug-likeness (QED) is 0.454. The SMILES string of the molecule is CCOC(=O)[C@](NC(=O)c1cccnc1)(Nc1cccc(F)c1)C(F)(F)F. The van der Waals surface area contributed by atoms with Gasteiger partial charge in [0.05, 0.1) is 12.2 Å². The highest BCUT2D eigenvalue weighted by Crippen LogP contribution is 2.33. The van der Waals surface area contributed by atoms with Crippen LogP contribution in [0.5, 0.6) is 0 Å². The minimum atomic E-state index is -5.32. The van der Waals surface area contributed by atoms with Crippen molar-refractivity contribution in [1.82, 2.24) is 10.3 Å². The molecule has 2 rings (SSSR count). The average Bonchev–Trinajstić information content (AvgIpc) is 2.61. The highest BCUT2D eigenvalue weighted by atomic mass is 19.4. The molecule has 0 unspecified atom stereocenters. The second kappa shape index (κ2) is 8.02. The monoisotopic (exact) mass is 385 g/mol. The Morgan fingerprint density at radius 1 is 1.19 bits per heavy atom. The van der Waals surface area contributed by atoms with E-state index in [9.17, 15) is 27.2 Å². The highest BCUT2D eigenvalue weighted by molar-refractivity contribution is 5.99. The molecule has 0 aliphatic rings. The predicted octanol–water partition coefficient (Wildman–Crippen LogP) is 2.88. The van der Waals surface area contributed by atoms with E-state index in [-0.39, 0.29) is 17.9 Å². The number of alkyl halides is 3. The summed E-state index contributed by atoms with van der Waals surface area (Å²) in [4.78, 5) is 28.2. The van der Waals surface area contributed by atoms with Crippen LogP contribution in [0.2, 0.25) is 0 Å². The zero-order valence-corrected chi connectivity index (χ0v) is 14.0. The third-order valence-corrected chi connectivity index (χ3v) is 3.39. The summed E-state index contributed by atoms with van der Waals surface area (Å²) < 4.78 is 59.7. The number of carbonyl (C=O) groups is 2. The number of ether oxygens (including phenoxy) is 1. The summed E-state index contributed by atoms with van der Waals surface area (Å²) in [6.07, 6.45) is -2.96. The number of hydrogen-bond acceptors (Lipinski definition) is 5. The molecule has 1 aromatic carbocycles. The fourth-order valence-corrected chi connectivity index (χ4v) is 2.15. The minimum Gasteiger partial charge on any atom is -0.463 e. The van der Waals surface area contributed by atoms with Gasteiger partial charge in [0.25, 0.3) is 5.91 Å². The van der Waals surface area contributed by atoms with Crippen LogP contribution in [-0.4, -0.2) is 35.3 Å². The first-order valence-corrected chi connectivity index (χ1v) is 7.70. The van der Waals surface area contributed by atoms with E-state index >= 15 is 0 Å². The Kier molecular flexibility index (Phi) is 5.98. The lowest BCUT2D eigenvalue weighted by atomic mass is 10.1. The van der Waals surface area contributed by atoms with Crippen LogP contribution in [0, 0.1) is 5.82 Å². The van der Waals surface area contributed by atoms with E-state index in [0.717, 1.165) is 30.5 Å². The maximum atomic E-state index is 13.9. The van der Waals surface area contributed by atoms with Crippen molar-refractivity contribution in [3.05, 3.63) is 60.2 Å². The third kappa shape index (κ3) is 4.52. The number of esters is 1. The van der Waals surface area contributed by atoms with Gasteiger partial charge in [-0.05, 0) is 37.3 Å². The van der Waals surface area contributed by atoms with Gasteiger partial charge in [-0.2, -0.15) is 13.2 Å². The van der Waals surface area contributed by atoms with Gasteiger partial charge in [0.2, 0.25) is 0 Å². The van der Waals surface area contributed by atoms with Crippen molar-refractivity contribution in [2.24, 2.45) is 0 Å². The molecule has 0 radical (unpaired) electrons. The first-order chi connectivity index (χ1) is 12.7. The van der Waals surface area contributed by atoms with Gasteiger partial charge in [0, 0.05) is 18.1 Å². The van der Waals surface area contributed by atoms with E-state index in [4.69, 9.17) is 0 Å². The Hall–Kier alpha value is -3.17. The van der Waals surface area contributed by atoms with Crippen molar-refractivity contribution in [2.45, 2.75) is 18.8 Å². The van der Waals surface area contributed by atoms with Gasteiger partial charge in [0.1, 0.15) is 5.82 Å². The average molecular weight is 385 g/mol. The molecule has 2 N–H and O–H groups in total. The van der Waals surface area contributed by atoms with Gasteiger partial charge in [-0.15, -0.1) is 0 Å². The molecular weight excluding hydrogens is 370 g/mol. The van der Waals surface area contributed by atoms with Crippen LogP contribution in [0.3, 0.4) is 0 Å². The number of benzene rings is 1. The molecule has 6 nitrogen and oxygen atoms in total. The number of nitrogens with one attached hydrogen (secondary N) is 2. The van der Waals surface area contributed by atoms with E-state index in [2.05, 4.69) is 9.72 Å². The number of amides is 1. The van der Waals surface area contributed by atoms with Gasteiger partial charge in [0.15, 0.2) is 0 Å². The molecular formula is C17H15F4N3O3. The number of rotatable bonds is 6. The van der Waals surface area contributed by atoms with Crippen LogP contribution in [0.25, 0.3) is 0 Å². The molecule has 144 valence electrons. The summed E-state index contributed by atoms with van der Waals surface area (Å²) in [5.41, 5.74) is -4.23. The van der Waals surface area contributed by atoms with Gasteiger partial charge >= 0.3 is 17.8 Å². The van der Waals surface area contributed by atoms with Crippen LogP contribution in [-0.2, 0) is 9.53 Å². The van der Waals surface area contributed by atoms with Crippen LogP contribution in [0.4, 0.5) is 23.2 Å². The summed E-state index contributed by atoms with van der Waals surface area (Å²) in [6.45, 7) is 0.939. The molecule has 1 heterocycles. The standard InChI is InChI=1S/C17H15F4N3O3/c1-2-27-15(26)16(17(19,20)21,23-13-7-3-6-12(18)9-13)24-14(25)11-5-4-8-22-10-11/h3-10,23H,2H2,1H3,(H,24,25)/t16-/m1/s1. The molecule has 0 fully saturated rings. The molecule has 0 saturated heterocycles. The summed E-state index contributed by atoms with van der Waals surface area (Å²) in [7, 11) is 0. The van der Waals surface area contributed by atoms with Gasteiger partial charge < -0.3 is 15.4 Å². The van der Waals surface area contributed by atoms with Crippen LogP contribution in [0.15, 0.2) is 48.8 Å². The fourth-order valence-electron chi connectivity index (χ4n) is 2.15. The fraction of sp³-hybridized carbons (Fsp3) is 0.235. The van der Waals surface area contributed by atoms with Gasteiger partial charge in [-0.1, -0.05) is 6.07 Å². The van der Waals surface area contributed by atoms with Crippen molar-refractivity contribution < 1.29 is 31.9 Å². The lowest BCUT2D eigenvalue weighted by Gasteiger charge is -2.35. The Balaban J connectivity index is 2.50. The molecule has 10 heteroatoms. The van der Waals surface area contributed by atoms with Crippen molar-refractivity contribution in [1.29, 1.82) is 0 Å². The molecule has 0 spiro atoms. The summed E-state index contributed by atoms with van der Waals surface area (Å²) in [6, 6.07) is 6.58. The molecule has 1 amide bonds. The maximum Gasteiger partial charge on any atom is 0.441 e. The third-order valence-electron chi connectivity index (χ3n) is 3.39. The lowest BCUT2D eigenvalue weighted by Crippen LogP contribution is -2.69. The molecule has 0 aliphatic carbocycles. The highest BCUT2D eigenvalue weighted by Gasteiger charge is 2.63. The van der Waals surface area contributed by atoms with Gasteiger partial charge in [-0.3, -0.25) is 9.78 Å². The van der Waals surface area contributed by atoms with E-state index in [0.29, 0.717) is 0 Å². The molecule has 0 aliphatic heterocycles. The Labute approximate surface area is 151 Å². The first-order valence-electron chi connectivity index (χ1n) is 7.70. The van der Waals surface area contributed by atoms with E-state index in [1.54, 1.807) is 5.32 Å². The Morgan fingerprint density at radius 2 is 1.93 bits per heavy atom. The number of carbonyl (C=O) groups excluding carboxylic acids is 2. The van der Waals surface area contributed by atoms with Crippen LogP contribution < -0.4 is 10.6 Å². The lowest BCUT2D eigenvalue weighted by molar-refractivity contribution is -0.204. The minimum absolute atomic E-state index is 0.212. The van der Waals surface area contributed by atoms with Crippen molar-refractivity contribution >= 4 is 17.6 Å². The summed E-state index contributed by atoms with van der Waals surface area (Å²) in [5, 5.41) is 3.49. The first kappa shape index (κ1) is 20.1. The largest absolute Gasteiger partial charge is 0.463 e. The molecule has 2 aromatic rings. The number of nitrogens with zero attached hydrogens (tertiary/aromatic N) is 1. The zero-order chi connectivity index (χ0) is 20.1. The topological polar surface area (TPSA) is 80.3 Å². The molecule has 1 aromatic heterocycles. The summed E-state index contributed by atoms with van der Waals surface area (Å²) >= 11 is 0. The van der Waals surface area contributed by atoms with E-state index < -0.39 is 29.5 Å². The number of hydrogen-bond donors (Lipinski definition) is 2. The second-order valence-corrected chi connectivity index (χ2v) is 5.30. The Morgan fingerprint density at radius 3 is 2.48 bits per heavy atom. The smallest absolute Gasteiger partial charge is 0.441 e. The van der Waals surface area contributed by atoms with E-state index in [1.165, 1.54) is 25.3 Å². The number of anilines is 1. The molecule has 0 saturated carbocycles. The zero-order valence-electron chi connectivity index (χ0n) is 14.0. The normalized spacial score (nSPS) is 13.4. The molecule has 1 atom stereocenters. The number of aromatic nitrogens is 1. The van der Waals surface area contributed by atoms with Crippen molar-refractivity contribution in [3.63, 3.8) is 0 Å². The van der Waals surface area contributed by atoms with Crippen LogP contribution >= 0.6 is 0 Å². The van der Waals surface area contributed by atoms with Crippen molar-refractivity contribution in [3.8, 4) is 0 Å². The summed E-state index contributed by atoms with van der Waals surface area (Å²) in [5.74, 6) is -3.85. The second-order valence-electron chi connectivity index (χ2n) is 5.30. The van der Waals surface area contributed by atoms with Crippen molar-refractivity contribution in [2.75, 3.05) is 11.9 Å². The Bertz CT molecular complexity index is 815. The molecule has 27 heavy (non-hydrogen) atoms. The number of halogens is 4. The van der Waals surface area contributed by atoms with Gasteiger partial charge in [-0.25, -0.2) is 9.18 Å². The maximum absolute atomic E-state index is 13.9. The number of pyridine rings is 1. The molecule has 0 bridgehead atoms.